The van der Waals surface area contributed by atoms with Crippen molar-refractivity contribution in [2.45, 2.75) is 94.2 Å². The lowest BCUT2D eigenvalue weighted by Crippen LogP contribution is -2.59. The molecule has 286 valence electrons. The van der Waals surface area contributed by atoms with Gasteiger partial charge in [-0.1, -0.05) is 56.3 Å². The molecule has 5 atom stereocenters. The lowest BCUT2D eigenvalue weighted by atomic mass is 10.0. The molecule has 1 aromatic heterocycles. The van der Waals surface area contributed by atoms with Crippen molar-refractivity contribution in [3.05, 3.63) is 72.8 Å². The van der Waals surface area contributed by atoms with Crippen LogP contribution >= 0.6 is 0 Å². The number of fused-ring (bicyclic) bond motifs is 3. The first kappa shape index (κ1) is 37.3. The number of alkyl carbamates (subject to hydrolysis) is 1. The minimum absolute atomic E-state index is 0.00118. The average molecular weight is 758 g/mol. The molecule has 4 bridgehead atoms. The lowest BCUT2D eigenvalue weighted by molar-refractivity contribution is -0.141. The fourth-order valence-electron chi connectivity index (χ4n) is 7.46. The van der Waals surface area contributed by atoms with Crippen LogP contribution in [-0.2, 0) is 35.6 Å². The van der Waals surface area contributed by atoms with Crippen molar-refractivity contribution in [3.63, 3.8) is 0 Å². The molecule has 3 N–H and O–H groups in total. The van der Waals surface area contributed by atoms with E-state index in [0.717, 1.165) is 41.3 Å². The molecule has 4 amide bonds. The zero-order valence-corrected chi connectivity index (χ0v) is 31.4. The third kappa shape index (κ3) is 7.80. The van der Waals surface area contributed by atoms with E-state index in [1.807, 2.05) is 42.5 Å². The fourth-order valence-corrected chi connectivity index (χ4v) is 8.82. The molecular weight excluding hydrogens is 711 g/mol. The van der Waals surface area contributed by atoms with Gasteiger partial charge in [0.05, 0.1) is 29.6 Å². The highest BCUT2D eigenvalue weighted by Crippen LogP contribution is 2.45. The number of nitrogens with zero attached hydrogens (tertiary/aromatic N) is 2. The second kappa shape index (κ2) is 15.0. The van der Waals surface area contributed by atoms with Gasteiger partial charge >= 0.3 is 6.09 Å². The van der Waals surface area contributed by atoms with Gasteiger partial charge in [0.2, 0.25) is 21.8 Å². The van der Waals surface area contributed by atoms with Gasteiger partial charge in [-0.15, -0.1) is 6.58 Å². The van der Waals surface area contributed by atoms with Crippen molar-refractivity contribution < 1.29 is 37.1 Å². The second-order valence-corrected chi connectivity index (χ2v) is 17.2. The van der Waals surface area contributed by atoms with Gasteiger partial charge in [0, 0.05) is 29.4 Å². The van der Waals surface area contributed by atoms with Gasteiger partial charge in [-0.2, -0.15) is 0 Å². The minimum Gasteiger partial charge on any atom is -0.488 e. The van der Waals surface area contributed by atoms with Crippen LogP contribution in [0.3, 0.4) is 0 Å². The Hall–Kier alpha value is -4.98. The molecule has 7 rings (SSSR count). The molecule has 0 spiro atoms. The maximum Gasteiger partial charge on any atom is 0.407 e. The highest BCUT2D eigenvalue weighted by Gasteiger charge is 2.62. The van der Waals surface area contributed by atoms with Crippen molar-refractivity contribution in [2.24, 2.45) is 11.8 Å². The molecule has 3 heterocycles. The Morgan fingerprint density at radius 3 is 2.56 bits per heavy atom. The molecule has 2 aliphatic carbocycles. The van der Waals surface area contributed by atoms with Crippen LogP contribution in [0.1, 0.15) is 64.4 Å². The summed E-state index contributed by atoms with van der Waals surface area (Å²) in [6, 6.07) is 15.6. The molecule has 0 radical (unpaired) electrons. The van der Waals surface area contributed by atoms with Crippen LogP contribution in [0.2, 0.25) is 0 Å². The Balaban J connectivity index is 1.24. The normalized spacial score (nSPS) is 26.2. The van der Waals surface area contributed by atoms with Crippen molar-refractivity contribution in [3.8, 4) is 17.0 Å². The van der Waals surface area contributed by atoms with Crippen LogP contribution in [0, 0.1) is 11.8 Å². The maximum atomic E-state index is 14.4. The van der Waals surface area contributed by atoms with E-state index >= 15 is 0 Å². The topological polar surface area (TPSA) is 173 Å². The summed E-state index contributed by atoms with van der Waals surface area (Å²) in [6.45, 7) is 7.56. The zero-order valence-electron chi connectivity index (χ0n) is 30.6. The summed E-state index contributed by atoms with van der Waals surface area (Å²) in [5, 5.41) is 5.71. The molecule has 4 aliphatic rings. The zero-order chi connectivity index (χ0) is 38.2. The summed E-state index contributed by atoms with van der Waals surface area (Å²) < 4.78 is 39.8. The highest BCUT2D eigenvalue weighted by atomic mass is 32.2. The van der Waals surface area contributed by atoms with Crippen LogP contribution in [0.5, 0.6) is 5.75 Å². The summed E-state index contributed by atoms with van der Waals surface area (Å²) in [4.78, 5) is 61.5. The van der Waals surface area contributed by atoms with Gasteiger partial charge in [0.25, 0.3) is 5.91 Å². The number of benzene rings is 2. The molecule has 2 aromatic carbocycles. The van der Waals surface area contributed by atoms with Crippen molar-refractivity contribution in [1.82, 2.24) is 25.2 Å². The van der Waals surface area contributed by atoms with Gasteiger partial charge in [-0.3, -0.25) is 19.1 Å². The Kier molecular flexibility index (Phi) is 10.4. The summed E-state index contributed by atoms with van der Waals surface area (Å²) in [6.07, 6.45) is 4.43. The predicted octanol–water partition coefficient (Wildman–Crippen LogP) is 4.40. The SMILES string of the molecule is C=C[C@H]1C[C@]1(NC(=O)[C@@H]1C[C@@H]2CN1C(=O)[C@H](C(C)C)NC(=O)OCCCCCc1ccc3nc(-c4ccccc4)cc(c3c1)O2)C(=O)NS(=O)(=O)C1CC1. The monoisotopic (exact) mass is 757 g/mol. The number of carbonyl (C=O) groups excluding carboxylic acids is 4. The van der Waals surface area contributed by atoms with E-state index in [4.69, 9.17) is 14.5 Å². The summed E-state index contributed by atoms with van der Waals surface area (Å²) in [5.41, 5.74) is 1.89. The van der Waals surface area contributed by atoms with Crippen molar-refractivity contribution >= 4 is 44.7 Å². The largest absolute Gasteiger partial charge is 0.488 e. The Morgan fingerprint density at radius 2 is 1.85 bits per heavy atom. The molecule has 0 unspecified atom stereocenters. The van der Waals surface area contributed by atoms with E-state index in [9.17, 15) is 27.6 Å². The number of cyclic esters (lactones) is 1. The number of aromatic nitrogens is 1. The summed E-state index contributed by atoms with van der Waals surface area (Å²) in [5.74, 6) is -2.30. The molecule has 14 heteroatoms. The van der Waals surface area contributed by atoms with E-state index in [0.29, 0.717) is 30.7 Å². The molecular formula is C40H47N5O8S. The quantitative estimate of drug-likeness (QED) is 0.282. The first-order valence-corrected chi connectivity index (χ1v) is 20.3. The molecule has 13 nitrogen and oxygen atoms in total. The molecule has 3 fully saturated rings. The van der Waals surface area contributed by atoms with E-state index in [1.54, 1.807) is 13.8 Å². The van der Waals surface area contributed by atoms with Gasteiger partial charge in [0.1, 0.15) is 29.5 Å². The number of rotatable bonds is 8. The van der Waals surface area contributed by atoms with Crippen LogP contribution in [-0.4, -0.2) is 84.2 Å². The number of sulfonamides is 1. The molecule has 2 saturated carbocycles. The smallest absolute Gasteiger partial charge is 0.407 e. The third-order valence-corrected chi connectivity index (χ3v) is 12.7. The number of ether oxygens (including phenoxy) is 2. The number of hydrogen-bond acceptors (Lipinski definition) is 9. The first-order chi connectivity index (χ1) is 25.9. The predicted molar refractivity (Wildman–Crippen MR) is 202 cm³/mol. The molecule has 3 aromatic rings. The average Bonchev–Trinajstić information content (AvgIpc) is 4.08. The van der Waals surface area contributed by atoms with Crippen LogP contribution in [0.25, 0.3) is 22.2 Å². The number of amides is 4. The van der Waals surface area contributed by atoms with Crippen LogP contribution in [0.4, 0.5) is 4.79 Å². The van der Waals surface area contributed by atoms with E-state index in [2.05, 4.69) is 34.1 Å². The molecule has 54 heavy (non-hydrogen) atoms. The van der Waals surface area contributed by atoms with Gasteiger partial charge in [-0.05, 0) is 68.6 Å². The molecule has 1 saturated heterocycles. The number of aryl methyl sites for hydroxylation is 1. The van der Waals surface area contributed by atoms with Crippen molar-refractivity contribution in [1.29, 1.82) is 0 Å². The first-order valence-electron chi connectivity index (χ1n) is 18.8. The third-order valence-electron chi connectivity index (χ3n) is 10.8. The highest BCUT2D eigenvalue weighted by molar-refractivity contribution is 7.91. The summed E-state index contributed by atoms with van der Waals surface area (Å²) >= 11 is 0. The second-order valence-electron chi connectivity index (χ2n) is 15.2. The van der Waals surface area contributed by atoms with Crippen LogP contribution < -0.4 is 20.1 Å². The lowest BCUT2D eigenvalue weighted by Gasteiger charge is -2.31. The number of pyridine rings is 1. The molecule has 2 aliphatic heterocycles. The van der Waals surface area contributed by atoms with Crippen molar-refractivity contribution in [2.75, 3.05) is 13.2 Å². The number of nitrogens with one attached hydrogen (secondary N) is 3. The Labute approximate surface area is 315 Å². The van der Waals surface area contributed by atoms with Crippen LogP contribution in [0.15, 0.2) is 67.3 Å². The number of hydrogen-bond donors (Lipinski definition) is 3. The minimum atomic E-state index is -3.89. The Bertz CT molecular complexity index is 2070. The van der Waals surface area contributed by atoms with E-state index in [-0.39, 0.29) is 31.9 Å². The van der Waals surface area contributed by atoms with Gasteiger partial charge in [0.15, 0.2) is 0 Å². The number of carbonyl (C=O) groups is 4. The summed E-state index contributed by atoms with van der Waals surface area (Å²) in [7, 11) is -3.89. The van der Waals surface area contributed by atoms with Gasteiger partial charge in [-0.25, -0.2) is 18.2 Å². The van der Waals surface area contributed by atoms with E-state index < -0.39 is 68.7 Å². The van der Waals surface area contributed by atoms with Gasteiger partial charge < -0.3 is 25.0 Å². The Morgan fingerprint density at radius 1 is 1.07 bits per heavy atom. The maximum absolute atomic E-state index is 14.4. The van der Waals surface area contributed by atoms with E-state index in [1.165, 1.54) is 11.0 Å². The fraction of sp³-hybridized carbons (Fsp3) is 0.475. The standard InChI is InChI=1S/C40H47N5O8S/c1-4-27-22-40(27,38(48)44-54(50,51)29-15-16-29)43-36(46)33-20-28-23-45(33)37(47)35(24(2)3)42-39(49)52-18-10-6-7-11-25-14-17-31-30(19-25)34(53-28)21-32(41-31)26-12-8-5-9-13-26/h4-5,8-9,12-14,17,19,21,24,27-29,33,35H,1,6-7,10-11,15-16,18,20,22-23H2,2-3H3,(H,42,49)(H,43,46)(H,44,48)/t27-,28+,33-,35-,40+/m0/s1.